The smallest absolute Gasteiger partial charge is 0.326 e. The molecular weight excluding hydrogens is 430 g/mol. The topological polar surface area (TPSA) is 120 Å². The predicted octanol–water partition coefficient (Wildman–Crippen LogP) is 2.92. The van der Waals surface area contributed by atoms with Crippen LogP contribution >= 0.6 is 0 Å². The highest BCUT2D eigenvalue weighted by atomic mass is 16.5. The van der Waals surface area contributed by atoms with E-state index in [4.69, 9.17) is 18.9 Å². The number of methoxy groups -OCH3 is 2. The van der Waals surface area contributed by atoms with Gasteiger partial charge in [0.2, 0.25) is 5.78 Å². The zero-order valence-corrected chi connectivity index (χ0v) is 18.7. The summed E-state index contributed by atoms with van der Waals surface area (Å²) in [5.41, 5.74) is 1.05. The van der Waals surface area contributed by atoms with Gasteiger partial charge in [-0.05, 0) is 41.8 Å². The Morgan fingerprint density at radius 2 is 1.82 bits per heavy atom. The zero-order chi connectivity index (χ0) is 24.1. The van der Waals surface area contributed by atoms with E-state index in [0.717, 1.165) is 0 Å². The van der Waals surface area contributed by atoms with Crippen molar-refractivity contribution in [3.05, 3.63) is 53.3 Å². The molecule has 1 amide bonds. The van der Waals surface area contributed by atoms with Crippen LogP contribution in [0, 0.1) is 5.92 Å². The minimum atomic E-state index is -1.11. The largest absolute Gasteiger partial charge is 0.493 e. The minimum absolute atomic E-state index is 0.133. The number of nitrogens with one attached hydrogen (secondary N) is 1. The second-order valence-corrected chi connectivity index (χ2v) is 7.63. The number of Topliss-reactive ketones (excluding diaryl/α,β-unsaturated/α-hetero) is 1. The summed E-state index contributed by atoms with van der Waals surface area (Å²) >= 11 is 0. The molecule has 3 rings (SSSR count). The summed E-state index contributed by atoms with van der Waals surface area (Å²) < 4.78 is 21.7. The molecule has 2 N–H and O–H groups in total. The van der Waals surface area contributed by atoms with Gasteiger partial charge in [0.05, 0.1) is 19.8 Å². The average molecular weight is 455 g/mol. The molecule has 0 saturated heterocycles. The van der Waals surface area contributed by atoms with Crippen molar-refractivity contribution in [3.8, 4) is 23.0 Å². The fourth-order valence-electron chi connectivity index (χ4n) is 3.23. The van der Waals surface area contributed by atoms with Crippen LogP contribution < -0.4 is 24.3 Å². The van der Waals surface area contributed by atoms with E-state index in [1.807, 2.05) is 0 Å². The first-order valence-corrected chi connectivity index (χ1v) is 10.2. The third kappa shape index (κ3) is 5.43. The number of carboxylic acids is 1. The standard InChI is InChI=1S/C24H25NO8/c1-13(2)22(24(28)29)25-21(26)12-32-15-6-7-16-18(11-15)33-20(23(16)27)10-14-5-8-17(30-3)19(9-14)31-4/h5-11,13,22H,12H2,1-4H3,(H,25,26)(H,28,29)/b20-10-/t22-/m0/s1. The summed E-state index contributed by atoms with van der Waals surface area (Å²) in [4.78, 5) is 36.0. The van der Waals surface area contributed by atoms with E-state index in [0.29, 0.717) is 34.1 Å². The molecule has 9 heteroatoms. The molecule has 0 radical (unpaired) electrons. The van der Waals surface area contributed by atoms with Crippen molar-refractivity contribution >= 4 is 23.7 Å². The fraction of sp³-hybridized carbons (Fsp3) is 0.292. The van der Waals surface area contributed by atoms with Crippen molar-refractivity contribution in [1.29, 1.82) is 0 Å². The Morgan fingerprint density at radius 1 is 1.09 bits per heavy atom. The Labute approximate surface area is 190 Å². The maximum Gasteiger partial charge on any atom is 0.326 e. The predicted molar refractivity (Wildman–Crippen MR) is 119 cm³/mol. The van der Waals surface area contributed by atoms with Gasteiger partial charge in [-0.1, -0.05) is 19.9 Å². The second-order valence-electron chi connectivity index (χ2n) is 7.63. The van der Waals surface area contributed by atoms with Crippen molar-refractivity contribution in [3.63, 3.8) is 0 Å². The summed E-state index contributed by atoms with van der Waals surface area (Å²) in [6, 6.07) is 8.81. The Balaban J connectivity index is 1.69. The average Bonchev–Trinajstić information content (AvgIpc) is 3.09. The first-order chi connectivity index (χ1) is 15.7. The van der Waals surface area contributed by atoms with E-state index >= 15 is 0 Å². The molecule has 0 saturated carbocycles. The number of hydrogen-bond acceptors (Lipinski definition) is 7. The minimum Gasteiger partial charge on any atom is -0.493 e. The highest BCUT2D eigenvalue weighted by molar-refractivity contribution is 6.14. The number of fused-ring (bicyclic) bond motifs is 1. The summed E-state index contributed by atoms with van der Waals surface area (Å²) in [6.07, 6.45) is 1.59. The van der Waals surface area contributed by atoms with Gasteiger partial charge in [-0.25, -0.2) is 4.79 Å². The Hall–Kier alpha value is -4.01. The van der Waals surface area contributed by atoms with Gasteiger partial charge in [0.1, 0.15) is 17.5 Å². The second kappa shape index (κ2) is 10.1. The van der Waals surface area contributed by atoms with Crippen molar-refractivity contribution in [2.24, 2.45) is 5.92 Å². The maximum absolute atomic E-state index is 12.7. The van der Waals surface area contributed by atoms with Crippen LogP contribution in [0.3, 0.4) is 0 Å². The molecule has 0 aromatic heterocycles. The number of aliphatic carboxylic acids is 1. The van der Waals surface area contributed by atoms with Gasteiger partial charge in [-0.3, -0.25) is 9.59 Å². The van der Waals surface area contributed by atoms with Crippen LogP contribution in [0.5, 0.6) is 23.0 Å². The monoisotopic (exact) mass is 455 g/mol. The van der Waals surface area contributed by atoms with Gasteiger partial charge in [0.25, 0.3) is 5.91 Å². The molecule has 174 valence electrons. The zero-order valence-electron chi connectivity index (χ0n) is 18.7. The normalized spacial score (nSPS) is 14.5. The lowest BCUT2D eigenvalue weighted by Crippen LogP contribution is -2.46. The molecule has 1 aliphatic heterocycles. The molecule has 0 spiro atoms. The van der Waals surface area contributed by atoms with E-state index in [1.165, 1.54) is 20.3 Å². The maximum atomic E-state index is 12.7. The number of carbonyl (C=O) groups is 3. The van der Waals surface area contributed by atoms with Crippen molar-refractivity contribution in [2.75, 3.05) is 20.8 Å². The molecule has 0 unspecified atom stereocenters. The van der Waals surface area contributed by atoms with Crippen LogP contribution in [-0.2, 0) is 9.59 Å². The van der Waals surface area contributed by atoms with E-state index in [2.05, 4.69) is 5.32 Å². The SMILES string of the molecule is COc1ccc(/C=C2\Oc3cc(OCC(=O)N[C@H](C(=O)O)C(C)C)ccc3C2=O)cc1OC. The summed E-state index contributed by atoms with van der Waals surface area (Å²) in [5.74, 6) is -0.419. The number of benzene rings is 2. The summed E-state index contributed by atoms with van der Waals surface area (Å²) in [5, 5.41) is 11.6. The highest BCUT2D eigenvalue weighted by Crippen LogP contribution is 2.36. The van der Waals surface area contributed by atoms with Crippen LogP contribution in [0.1, 0.15) is 29.8 Å². The number of ether oxygens (including phenoxy) is 4. The van der Waals surface area contributed by atoms with Gasteiger partial charge >= 0.3 is 5.97 Å². The first kappa shape index (κ1) is 23.6. The van der Waals surface area contributed by atoms with Crippen molar-refractivity contribution < 1.29 is 38.4 Å². The quantitative estimate of drug-likeness (QED) is 0.554. The van der Waals surface area contributed by atoms with Crippen molar-refractivity contribution in [2.45, 2.75) is 19.9 Å². The lowest BCUT2D eigenvalue weighted by atomic mass is 10.1. The van der Waals surface area contributed by atoms with Crippen molar-refractivity contribution in [1.82, 2.24) is 5.32 Å². The molecular formula is C24H25NO8. The van der Waals surface area contributed by atoms with Crippen LogP contribution in [0.25, 0.3) is 6.08 Å². The van der Waals surface area contributed by atoms with E-state index in [-0.39, 0.29) is 24.1 Å². The molecule has 33 heavy (non-hydrogen) atoms. The molecule has 9 nitrogen and oxygen atoms in total. The molecule has 0 fully saturated rings. The number of rotatable bonds is 9. The lowest BCUT2D eigenvalue weighted by Gasteiger charge is -2.18. The van der Waals surface area contributed by atoms with Gasteiger partial charge in [-0.2, -0.15) is 0 Å². The Bertz CT molecular complexity index is 1110. The molecule has 2 aromatic rings. The van der Waals surface area contributed by atoms with E-state index < -0.39 is 17.9 Å². The van der Waals surface area contributed by atoms with Crippen LogP contribution in [-0.4, -0.2) is 49.6 Å². The summed E-state index contributed by atoms with van der Waals surface area (Å²) in [7, 11) is 3.06. The Kier molecular flexibility index (Phi) is 7.22. The number of amides is 1. The van der Waals surface area contributed by atoms with E-state index in [1.54, 1.807) is 50.3 Å². The number of ketones is 1. The van der Waals surface area contributed by atoms with Crippen LogP contribution in [0.2, 0.25) is 0 Å². The molecule has 0 bridgehead atoms. The third-order valence-electron chi connectivity index (χ3n) is 4.97. The molecule has 1 heterocycles. The number of allylic oxidation sites excluding steroid dienone is 1. The van der Waals surface area contributed by atoms with Crippen LogP contribution in [0.4, 0.5) is 0 Å². The number of carboxylic acid groups (broad SMARTS) is 1. The van der Waals surface area contributed by atoms with Gasteiger partial charge in [-0.15, -0.1) is 0 Å². The number of carbonyl (C=O) groups excluding carboxylic acids is 2. The Morgan fingerprint density at radius 3 is 2.45 bits per heavy atom. The van der Waals surface area contributed by atoms with Gasteiger partial charge in [0, 0.05) is 6.07 Å². The molecule has 2 aromatic carbocycles. The molecule has 1 aliphatic rings. The summed E-state index contributed by atoms with van der Waals surface area (Å²) in [6.45, 7) is 3.02. The van der Waals surface area contributed by atoms with Gasteiger partial charge in [0.15, 0.2) is 23.9 Å². The fourth-order valence-corrected chi connectivity index (χ4v) is 3.23. The molecule has 1 atom stereocenters. The van der Waals surface area contributed by atoms with Gasteiger partial charge < -0.3 is 29.4 Å². The third-order valence-corrected chi connectivity index (χ3v) is 4.97. The number of hydrogen-bond donors (Lipinski definition) is 2. The molecule has 0 aliphatic carbocycles. The van der Waals surface area contributed by atoms with E-state index in [9.17, 15) is 19.5 Å². The lowest BCUT2D eigenvalue weighted by molar-refractivity contribution is -0.143. The first-order valence-electron chi connectivity index (χ1n) is 10.2. The van der Waals surface area contributed by atoms with Crippen LogP contribution in [0.15, 0.2) is 42.2 Å². The highest BCUT2D eigenvalue weighted by Gasteiger charge is 2.28.